The second-order valence-electron chi connectivity index (χ2n) is 4.59. The zero-order valence-electron chi connectivity index (χ0n) is 11.1. The molecule has 5 N–H and O–H groups in total. The van der Waals surface area contributed by atoms with Gasteiger partial charge in [-0.3, -0.25) is 14.4 Å². The third kappa shape index (κ3) is 5.13. The summed E-state index contributed by atoms with van der Waals surface area (Å²) in [5.74, 6) is -2.29. The van der Waals surface area contributed by atoms with Crippen LogP contribution >= 0.6 is 0 Å². The fourth-order valence-electron chi connectivity index (χ4n) is 1.18. The molecule has 7 nitrogen and oxygen atoms in total. The molecule has 0 unspecified atom stereocenters. The SMILES string of the molecule is CC(C)[C@H](NC(=O)[C@H](C)N)C(=O)N[C@@H](C)C(=O)O. The van der Waals surface area contributed by atoms with E-state index < -0.39 is 35.9 Å². The van der Waals surface area contributed by atoms with E-state index in [0.717, 1.165) is 0 Å². The van der Waals surface area contributed by atoms with Gasteiger partial charge in [0.05, 0.1) is 6.04 Å². The maximum absolute atomic E-state index is 11.8. The van der Waals surface area contributed by atoms with Gasteiger partial charge in [-0.05, 0) is 19.8 Å². The molecule has 0 radical (unpaired) electrons. The molecular weight excluding hydrogens is 238 g/mol. The predicted molar refractivity (Wildman–Crippen MR) is 65.7 cm³/mol. The van der Waals surface area contributed by atoms with Gasteiger partial charge in [0.15, 0.2) is 0 Å². The van der Waals surface area contributed by atoms with Crippen molar-refractivity contribution in [3.63, 3.8) is 0 Å². The Hall–Kier alpha value is -1.63. The Kier molecular flexibility index (Phi) is 6.32. The Bertz CT molecular complexity index is 328. The van der Waals surface area contributed by atoms with E-state index in [0.29, 0.717) is 0 Å². The van der Waals surface area contributed by atoms with Crippen LogP contribution in [0.25, 0.3) is 0 Å². The van der Waals surface area contributed by atoms with Crippen molar-refractivity contribution in [2.75, 3.05) is 0 Å². The standard InChI is InChI=1S/C11H21N3O4/c1-5(2)8(14-9(15)6(3)12)10(16)13-7(4)11(17)18/h5-8H,12H2,1-4H3,(H,13,16)(H,14,15)(H,17,18)/t6-,7-,8-/m0/s1. The molecule has 0 rings (SSSR count). The quantitative estimate of drug-likeness (QED) is 0.490. The number of nitrogens with one attached hydrogen (secondary N) is 2. The Morgan fingerprint density at radius 1 is 1.00 bits per heavy atom. The average Bonchev–Trinajstić information content (AvgIpc) is 2.24. The van der Waals surface area contributed by atoms with Crippen molar-refractivity contribution in [2.24, 2.45) is 11.7 Å². The number of carboxylic acids is 1. The van der Waals surface area contributed by atoms with Crippen LogP contribution in [-0.4, -0.2) is 41.0 Å². The first-order valence-electron chi connectivity index (χ1n) is 5.76. The van der Waals surface area contributed by atoms with E-state index in [2.05, 4.69) is 10.6 Å². The second-order valence-corrected chi connectivity index (χ2v) is 4.59. The fourth-order valence-corrected chi connectivity index (χ4v) is 1.18. The van der Waals surface area contributed by atoms with Gasteiger partial charge in [-0.25, -0.2) is 0 Å². The summed E-state index contributed by atoms with van der Waals surface area (Å²) in [6.45, 7) is 6.35. The molecule has 0 aromatic carbocycles. The number of carbonyl (C=O) groups excluding carboxylic acids is 2. The molecule has 0 heterocycles. The molecule has 104 valence electrons. The summed E-state index contributed by atoms with van der Waals surface area (Å²) in [6, 6.07) is -2.54. The molecule has 3 atom stereocenters. The van der Waals surface area contributed by atoms with Crippen molar-refractivity contribution in [1.29, 1.82) is 0 Å². The van der Waals surface area contributed by atoms with E-state index in [1.807, 2.05) is 0 Å². The number of carbonyl (C=O) groups is 3. The number of hydrogen-bond donors (Lipinski definition) is 4. The molecule has 2 amide bonds. The molecule has 0 aliphatic rings. The summed E-state index contributed by atoms with van der Waals surface area (Å²) in [7, 11) is 0. The van der Waals surface area contributed by atoms with Crippen molar-refractivity contribution >= 4 is 17.8 Å². The summed E-state index contributed by atoms with van der Waals surface area (Å²) >= 11 is 0. The maximum Gasteiger partial charge on any atom is 0.325 e. The number of rotatable bonds is 6. The van der Waals surface area contributed by atoms with E-state index in [-0.39, 0.29) is 5.92 Å². The summed E-state index contributed by atoms with van der Waals surface area (Å²) in [5.41, 5.74) is 5.40. The van der Waals surface area contributed by atoms with Crippen molar-refractivity contribution in [2.45, 2.75) is 45.8 Å². The Morgan fingerprint density at radius 3 is 1.83 bits per heavy atom. The summed E-state index contributed by atoms with van der Waals surface area (Å²) in [5, 5.41) is 13.5. The van der Waals surface area contributed by atoms with E-state index in [1.165, 1.54) is 13.8 Å². The minimum Gasteiger partial charge on any atom is -0.480 e. The molecule has 0 saturated carbocycles. The molecule has 0 fully saturated rings. The average molecular weight is 259 g/mol. The third-order valence-corrected chi connectivity index (χ3v) is 2.39. The van der Waals surface area contributed by atoms with Crippen LogP contribution in [0.1, 0.15) is 27.7 Å². The summed E-state index contributed by atoms with van der Waals surface area (Å²) in [6.07, 6.45) is 0. The summed E-state index contributed by atoms with van der Waals surface area (Å²) in [4.78, 5) is 33.9. The second kappa shape index (κ2) is 6.95. The number of amides is 2. The lowest BCUT2D eigenvalue weighted by molar-refractivity contribution is -0.142. The molecular formula is C11H21N3O4. The number of carboxylic acid groups (broad SMARTS) is 1. The van der Waals surface area contributed by atoms with Gasteiger partial charge in [0.2, 0.25) is 11.8 Å². The van der Waals surface area contributed by atoms with Crippen LogP contribution in [-0.2, 0) is 14.4 Å². The third-order valence-electron chi connectivity index (χ3n) is 2.39. The minimum atomic E-state index is -1.13. The van der Waals surface area contributed by atoms with Crippen LogP contribution in [0.5, 0.6) is 0 Å². The predicted octanol–water partition coefficient (Wildman–Crippen LogP) is -0.936. The van der Waals surface area contributed by atoms with Crippen molar-refractivity contribution < 1.29 is 19.5 Å². The highest BCUT2D eigenvalue weighted by Gasteiger charge is 2.27. The summed E-state index contributed by atoms with van der Waals surface area (Å²) < 4.78 is 0. The smallest absolute Gasteiger partial charge is 0.325 e. The maximum atomic E-state index is 11.8. The van der Waals surface area contributed by atoms with Gasteiger partial charge in [0.1, 0.15) is 12.1 Å². The van der Waals surface area contributed by atoms with Gasteiger partial charge >= 0.3 is 5.97 Å². The first kappa shape index (κ1) is 16.4. The zero-order valence-corrected chi connectivity index (χ0v) is 11.1. The Morgan fingerprint density at radius 2 is 1.50 bits per heavy atom. The highest BCUT2D eigenvalue weighted by atomic mass is 16.4. The molecule has 7 heteroatoms. The Balaban J connectivity index is 4.65. The van der Waals surface area contributed by atoms with Crippen LogP contribution < -0.4 is 16.4 Å². The monoisotopic (exact) mass is 259 g/mol. The van der Waals surface area contributed by atoms with E-state index in [4.69, 9.17) is 10.8 Å². The van der Waals surface area contributed by atoms with Gasteiger partial charge in [0.25, 0.3) is 0 Å². The van der Waals surface area contributed by atoms with Gasteiger partial charge in [-0.2, -0.15) is 0 Å². The molecule has 0 aliphatic heterocycles. The highest BCUT2D eigenvalue weighted by molar-refractivity contribution is 5.91. The number of aliphatic carboxylic acids is 1. The highest BCUT2D eigenvalue weighted by Crippen LogP contribution is 2.03. The molecule has 0 spiro atoms. The van der Waals surface area contributed by atoms with Crippen LogP contribution in [0, 0.1) is 5.92 Å². The van der Waals surface area contributed by atoms with Crippen LogP contribution in [0.4, 0.5) is 0 Å². The van der Waals surface area contributed by atoms with Gasteiger partial charge in [-0.15, -0.1) is 0 Å². The fraction of sp³-hybridized carbons (Fsp3) is 0.727. The normalized spacial score (nSPS) is 15.7. The molecule has 0 saturated heterocycles. The van der Waals surface area contributed by atoms with Gasteiger partial charge < -0.3 is 21.5 Å². The molecule has 0 aromatic rings. The van der Waals surface area contributed by atoms with Crippen LogP contribution in [0.3, 0.4) is 0 Å². The minimum absolute atomic E-state index is 0.173. The first-order chi connectivity index (χ1) is 8.16. The van der Waals surface area contributed by atoms with Gasteiger partial charge in [-0.1, -0.05) is 13.8 Å². The lowest BCUT2D eigenvalue weighted by Gasteiger charge is -2.23. The van der Waals surface area contributed by atoms with E-state index >= 15 is 0 Å². The lowest BCUT2D eigenvalue weighted by atomic mass is 10.0. The molecule has 0 aliphatic carbocycles. The molecule has 0 aromatic heterocycles. The van der Waals surface area contributed by atoms with E-state index in [1.54, 1.807) is 13.8 Å². The van der Waals surface area contributed by atoms with Crippen molar-refractivity contribution in [3.8, 4) is 0 Å². The van der Waals surface area contributed by atoms with Crippen molar-refractivity contribution in [1.82, 2.24) is 10.6 Å². The topological polar surface area (TPSA) is 122 Å². The number of hydrogen-bond acceptors (Lipinski definition) is 4. The van der Waals surface area contributed by atoms with Gasteiger partial charge in [0, 0.05) is 0 Å². The largest absolute Gasteiger partial charge is 0.480 e. The first-order valence-corrected chi connectivity index (χ1v) is 5.76. The molecule has 18 heavy (non-hydrogen) atoms. The Labute approximate surface area is 106 Å². The molecule has 0 bridgehead atoms. The zero-order chi connectivity index (χ0) is 14.5. The lowest BCUT2D eigenvalue weighted by Crippen LogP contribution is -2.55. The van der Waals surface area contributed by atoms with Crippen LogP contribution in [0.15, 0.2) is 0 Å². The van der Waals surface area contributed by atoms with Crippen molar-refractivity contribution in [3.05, 3.63) is 0 Å². The number of nitrogens with two attached hydrogens (primary N) is 1. The van der Waals surface area contributed by atoms with E-state index in [9.17, 15) is 14.4 Å². The van der Waals surface area contributed by atoms with Crippen LogP contribution in [0.2, 0.25) is 0 Å².